The molecule has 42 heavy (non-hydrogen) atoms. The lowest BCUT2D eigenvalue weighted by molar-refractivity contribution is -0.136. The van der Waals surface area contributed by atoms with Crippen molar-refractivity contribution >= 4 is 23.4 Å². The minimum atomic E-state index is -0.611. The highest BCUT2D eigenvalue weighted by molar-refractivity contribution is 6.31. The number of hydrogen-bond donors (Lipinski definition) is 1. The number of likely N-dealkylation sites (tertiary alicyclic amines) is 2. The molecular weight excluding hydrogens is 560 g/mol. The number of ether oxygens (including phenoxy) is 1. The van der Waals surface area contributed by atoms with Crippen molar-refractivity contribution in [1.29, 1.82) is 0 Å². The van der Waals surface area contributed by atoms with Gasteiger partial charge in [0, 0.05) is 69.4 Å². The summed E-state index contributed by atoms with van der Waals surface area (Å²) in [5.41, 5.74) is 3.62. The van der Waals surface area contributed by atoms with Gasteiger partial charge in [-0.1, -0.05) is 30.7 Å². The quantitative estimate of drug-likeness (QED) is 0.416. The van der Waals surface area contributed by atoms with Crippen molar-refractivity contribution in [2.75, 3.05) is 39.4 Å². The Morgan fingerprint density at radius 2 is 1.76 bits per heavy atom. The Morgan fingerprint density at radius 1 is 1.05 bits per heavy atom. The van der Waals surface area contributed by atoms with E-state index >= 15 is 4.39 Å². The van der Waals surface area contributed by atoms with Crippen LogP contribution in [0.15, 0.2) is 30.3 Å². The standard InChI is InChI=1S/C33H42ClF2N3O3/c1-4-32(37-21(3)40)27-15-20(2)30(34)17-26(27)22-7-11-38(12-8-22)33(41)29-19-39(24-9-13-42-14-10-24)18-28(29)25-6-5-23(35)16-31(25)36/h5-6,15-17,22,24,28-29,32H,4,7-14,18-19H2,1-3H3,(H,37,40)/t28-,29?,32?/m0/s1. The van der Waals surface area contributed by atoms with Crippen LogP contribution in [0, 0.1) is 24.5 Å². The first-order valence-corrected chi connectivity index (χ1v) is 15.7. The summed E-state index contributed by atoms with van der Waals surface area (Å²) in [5.74, 6) is -1.73. The second-order valence-electron chi connectivity index (χ2n) is 12.2. The Balaban J connectivity index is 1.34. The van der Waals surface area contributed by atoms with Crippen LogP contribution in [-0.2, 0) is 14.3 Å². The van der Waals surface area contributed by atoms with E-state index in [-0.39, 0.29) is 29.7 Å². The zero-order valence-electron chi connectivity index (χ0n) is 24.8. The fourth-order valence-electron chi connectivity index (χ4n) is 7.22. The molecule has 0 spiro atoms. The van der Waals surface area contributed by atoms with Crippen molar-refractivity contribution < 1.29 is 23.1 Å². The van der Waals surface area contributed by atoms with E-state index in [2.05, 4.69) is 23.2 Å². The van der Waals surface area contributed by atoms with E-state index in [4.69, 9.17) is 16.3 Å². The number of nitrogens with one attached hydrogen (secondary N) is 1. The monoisotopic (exact) mass is 601 g/mol. The van der Waals surface area contributed by atoms with Crippen LogP contribution < -0.4 is 5.32 Å². The summed E-state index contributed by atoms with van der Waals surface area (Å²) in [4.78, 5) is 30.3. The molecule has 3 saturated heterocycles. The molecule has 2 aromatic carbocycles. The third-order valence-electron chi connectivity index (χ3n) is 9.51. The van der Waals surface area contributed by atoms with Crippen LogP contribution in [-0.4, -0.2) is 67.0 Å². The first kappa shape index (κ1) is 30.9. The predicted octanol–water partition coefficient (Wildman–Crippen LogP) is 6.11. The number of aryl methyl sites for hydroxylation is 1. The number of amides is 2. The van der Waals surface area contributed by atoms with E-state index in [9.17, 15) is 14.0 Å². The Labute approximate surface area is 252 Å². The first-order chi connectivity index (χ1) is 20.2. The third kappa shape index (κ3) is 6.66. The number of carbonyl (C=O) groups is 2. The van der Waals surface area contributed by atoms with E-state index in [1.54, 1.807) is 0 Å². The molecule has 0 aliphatic carbocycles. The van der Waals surface area contributed by atoms with E-state index in [0.29, 0.717) is 56.0 Å². The van der Waals surface area contributed by atoms with Gasteiger partial charge in [0.15, 0.2) is 0 Å². The van der Waals surface area contributed by atoms with Gasteiger partial charge in [0.25, 0.3) is 0 Å². The Bertz CT molecular complexity index is 1290. The lowest BCUT2D eigenvalue weighted by Gasteiger charge is -2.36. The van der Waals surface area contributed by atoms with Crippen LogP contribution in [0.4, 0.5) is 8.78 Å². The Hall–Kier alpha value is -2.55. The molecule has 0 aromatic heterocycles. The van der Waals surface area contributed by atoms with Crippen molar-refractivity contribution in [2.24, 2.45) is 5.92 Å². The molecule has 2 amide bonds. The molecule has 3 heterocycles. The van der Waals surface area contributed by atoms with Gasteiger partial charge in [0.05, 0.1) is 12.0 Å². The van der Waals surface area contributed by atoms with Crippen molar-refractivity contribution in [1.82, 2.24) is 15.1 Å². The van der Waals surface area contributed by atoms with Crippen LogP contribution in [0.5, 0.6) is 0 Å². The molecule has 2 aromatic rings. The smallest absolute Gasteiger partial charge is 0.227 e. The molecule has 3 aliphatic heterocycles. The Morgan fingerprint density at radius 3 is 2.40 bits per heavy atom. The number of benzene rings is 2. The molecule has 0 radical (unpaired) electrons. The van der Waals surface area contributed by atoms with Gasteiger partial charge in [-0.25, -0.2) is 8.78 Å². The molecule has 9 heteroatoms. The van der Waals surface area contributed by atoms with Crippen molar-refractivity contribution in [3.8, 4) is 0 Å². The van der Waals surface area contributed by atoms with Crippen LogP contribution in [0.25, 0.3) is 0 Å². The maximum absolute atomic E-state index is 15.0. The lowest BCUT2D eigenvalue weighted by atomic mass is 9.82. The van der Waals surface area contributed by atoms with Crippen LogP contribution in [0.3, 0.4) is 0 Å². The van der Waals surface area contributed by atoms with Crippen LogP contribution in [0.2, 0.25) is 5.02 Å². The fraction of sp³-hybridized carbons (Fsp3) is 0.576. The van der Waals surface area contributed by atoms with E-state index < -0.39 is 17.6 Å². The van der Waals surface area contributed by atoms with Gasteiger partial charge in [-0.15, -0.1) is 0 Å². The number of halogens is 3. The number of nitrogens with zero attached hydrogens (tertiary/aromatic N) is 2. The molecule has 1 N–H and O–H groups in total. The van der Waals surface area contributed by atoms with Crippen molar-refractivity contribution in [3.63, 3.8) is 0 Å². The average Bonchev–Trinajstić information content (AvgIpc) is 3.42. The molecule has 0 saturated carbocycles. The van der Waals surface area contributed by atoms with Crippen LogP contribution in [0.1, 0.15) is 86.1 Å². The molecule has 3 atom stereocenters. The summed E-state index contributed by atoms with van der Waals surface area (Å²) in [6.07, 6.45) is 4.10. The van der Waals surface area contributed by atoms with E-state index in [1.165, 1.54) is 19.1 Å². The van der Waals surface area contributed by atoms with Gasteiger partial charge < -0.3 is 15.0 Å². The second-order valence-corrected chi connectivity index (χ2v) is 12.6. The highest BCUT2D eigenvalue weighted by Gasteiger charge is 2.44. The molecule has 3 aliphatic rings. The van der Waals surface area contributed by atoms with Gasteiger partial charge in [0.2, 0.25) is 11.8 Å². The largest absolute Gasteiger partial charge is 0.381 e. The summed E-state index contributed by atoms with van der Waals surface area (Å²) in [7, 11) is 0. The van der Waals surface area contributed by atoms with Crippen LogP contribution >= 0.6 is 11.6 Å². The SMILES string of the molecule is CCC(NC(C)=O)c1cc(C)c(Cl)cc1C1CCN(C(=O)C2CN(C3CCOCC3)C[C@H]2c2ccc(F)cc2F)CC1. The third-order valence-corrected chi connectivity index (χ3v) is 9.91. The molecule has 5 rings (SSSR count). The summed E-state index contributed by atoms with van der Waals surface area (Å²) in [6.45, 7) is 9.28. The van der Waals surface area contributed by atoms with E-state index in [1.807, 2.05) is 17.9 Å². The molecule has 6 nitrogen and oxygen atoms in total. The zero-order valence-corrected chi connectivity index (χ0v) is 25.6. The van der Waals surface area contributed by atoms with Gasteiger partial charge >= 0.3 is 0 Å². The first-order valence-electron chi connectivity index (χ1n) is 15.3. The molecule has 2 unspecified atom stereocenters. The maximum Gasteiger partial charge on any atom is 0.227 e. The number of carbonyl (C=O) groups excluding carboxylic acids is 2. The van der Waals surface area contributed by atoms with Gasteiger partial charge in [-0.3, -0.25) is 14.5 Å². The summed E-state index contributed by atoms with van der Waals surface area (Å²) in [6, 6.07) is 8.05. The van der Waals surface area contributed by atoms with Crippen molar-refractivity contribution in [2.45, 2.75) is 76.8 Å². The Kier molecular flexibility index (Phi) is 9.85. The van der Waals surface area contributed by atoms with Crippen molar-refractivity contribution in [3.05, 3.63) is 69.2 Å². The summed E-state index contributed by atoms with van der Waals surface area (Å²) in [5, 5.41) is 3.78. The second kappa shape index (κ2) is 13.4. The minimum Gasteiger partial charge on any atom is -0.381 e. The average molecular weight is 602 g/mol. The summed E-state index contributed by atoms with van der Waals surface area (Å²) < 4.78 is 34.3. The van der Waals surface area contributed by atoms with E-state index in [0.717, 1.165) is 54.9 Å². The lowest BCUT2D eigenvalue weighted by Crippen LogP contribution is -2.44. The highest BCUT2D eigenvalue weighted by Crippen LogP contribution is 2.40. The zero-order chi connectivity index (χ0) is 30.0. The number of piperidine rings is 1. The number of rotatable bonds is 7. The predicted molar refractivity (Wildman–Crippen MR) is 160 cm³/mol. The van der Waals surface area contributed by atoms with Gasteiger partial charge in [0.1, 0.15) is 11.6 Å². The fourth-order valence-corrected chi connectivity index (χ4v) is 7.39. The normalized spacial score (nSPS) is 23.2. The van der Waals surface area contributed by atoms with Gasteiger partial charge in [-0.2, -0.15) is 0 Å². The molecule has 228 valence electrons. The maximum atomic E-state index is 15.0. The number of hydrogen-bond acceptors (Lipinski definition) is 4. The molecule has 3 fully saturated rings. The molecule has 0 bridgehead atoms. The minimum absolute atomic E-state index is 0.0450. The molecular formula is C33H42ClF2N3O3. The highest BCUT2D eigenvalue weighted by atomic mass is 35.5. The topological polar surface area (TPSA) is 61.9 Å². The summed E-state index contributed by atoms with van der Waals surface area (Å²) >= 11 is 6.58. The van der Waals surface area contributed by atoms with Gasteiger partial charge in [-0.05, 0) is 79.3 Å².